The number of aliphatic hydroxyl groups is 2. The Hall–Kier alpha value is -2.98. The summed E-state index contributed by atoms with van der Waals surface area (Å²) in [6.07, 6.45) is 0.958. The molecule has 35 heavy (non-hydrogen) atoms. The van der Waals surface area contributed by atoms with Gasteiger partial charge in [0.15, 0.2) is 5.69 Å². The molecule has 1 aromatic carbocycles. The van der Waals surface area contributed by atoms with E-state index < -0.39 is 30.4 Å². The van der Waals surface area contributed by atoms with Crippen LogP contribution in [-0.2, 0) is 4.79 Å². The molecule has 0 spiro atoms. The molecule has 0 radical (unpaired) electrons. The zero-order valence-electron chi connectivity index (χ0n) is 20.4. The first-order chi connectivity index (χ1) is 16.6. The highest BCUT2D eigenvalue weighted by Crippen LogP contribution is 2.34. The number of rotatable bonds is 11. The van der Waals surface area contributed by atoms with Gasteiger partial charge in [0.2, 0.25) is 5.88 Å². The van der Waals surface area contributed by atoms with Gasteiger partial charge in [-0.15, -0.1) is 0 Å². The second kappa shape index (κ2) is 11.6. The van der Waals surface area contributed by atoms with Crippen LogP contribution in [0.15, 0.2) is 24.3 Å². The van der Waals surface area contributed by atoms with Crippen LogP contribution in [-0.4, -0.2) is 73.8 Å². The summed E-state index contributed by atoms with van der Waals surface area (Å²) < 4.78 is 20.9. The first-order valence-corrected chi connectivity index (χ1v) is 11.9. The van der Waals surface area contributed by atoms with Gasteiger partial charge in [0.1, 0.15) is 12.4 Å². The van der Waals surface area contributed by atoms with Crippen molar-refractivity contribution >= 4 is 11.9 Å². The highest BCUT2D eigenvalue weighted by molar-refractivity contribution is 5.94. The van der Waals surface area contributed by atoms with Gasteiger partial charge in [0.25, 0.3) is 5.91 Å². The van der Waals surface area contributed by atoms with Crippen molar-refractivity contribution in [2.75, 3.05) is 13.7 Å². The van der Waals surface area contributed by atoms with Gasteiger partial charge in [0.05, 0.1) is 24.3 Å². The van der Waals surface area contributed by atoms with E-state index in [1.165, 1.54) is 28.9 Å². The third-order valence-electron chi connectivity index (χ3n) is 6.29. The fraction of sp³-hybridized carbons (Fsp3) is 0.560. The molecule has 1 aliphatic carbocycles. The lowest BCUT2D eigenvalue weighted by molar-refractivity contribution is -0.139. The summed E-state index contributed by atoms with van der Waals surface area (Å²) in [6, 6.07) is 5.72. The number of amides is 1. The van der Waals surface area contributed by atoms with Crippen molar-refractivity contribution in [2.45, 2.75) is 76.5 Å². The molecule has 2 atom stereocenters. The van der Waals surface area contributed by atoms with E-state index in [0.717, 1.165) is 25.7 Å². The molecule has 10 heteroatoms. The maximum absolute atomic E-state index is 13.6. The Kier molecular flexibility index (Phi) is 8.85. The third-order valence-corrected chi connectivity index (χ3v) is 6.29. The van der Waals surface area contributed by atoms with Crippen molar-refractivity contribution in [1.82, 2.24) is 14.7 Å². The fourth-order valence-corrected chi connectivity index (χ4v) is 4.46. The van der Waals surface area contributed by atoms with E-state index in [0.29, 0.717) is 11.3 Å². The number of carbonyl (C=O) groups is 2. The number of halogens is 1. The quantitative estimate of drug-likeness (QED) is 0.441. The van der Waals surface area contributed by atoms with Gasteiger partial charge in [-0.05, 0) is 43.0 Å². The van der Waals surface area contributed by atoms with Crippen LogP contribution in [0.3, 0.4) is 0 Å². The Balaban J connectivity index is 1.95. The summed E-state index contributed by atoms with van der Waals surface area (Å²) in [5, 5.41) is 33.6. The lowest BCUT2D eigenvalue weighted by Gasteiger charge is -2.24. The second-order valence-electron chi connectivity index (χ2n) is 9.42. The molecule has 3 rings (SSSR count). The van der Waals surface area contributed by atoms with Crippen LogP contribution < -0.4 is 4.74 Å². The lowest BCUT2D eigenvalue weighted by atomic mass is 10.0. The minimum Gasteiger partial charge on any atom is -0.481 e. The van der Waals surface area contributed by atoms with E-state index in [9.17, 15) is 24.2 Å². The zero-order chi connectivity index (χ0) is 25.7. The average molecular weight is 492 g/mol. The molecule has 0 bridgehead atoms. The molecule has 2 aromatic rings. The Morgan fingerprint density at radius 1 is 1.17 bits per heavy atom. The number of carboxylic acid groups (broad SMARTS) is 1. The van der Waals surface area contributed by atoms with E-state index in [2.05, 4.69) is 5.10 Å². The van der Waals surface area contributed by atoms with Crippen LogP contribution in [0.25, 0.3) is 5.69 Å². The average Bonchev–Trinajstić information content (AvgIpc) is 3.45. The van der Waals surface area contributed by atoms with Gasteiger partial charge in [-0.1, -0.05) is 26.7 Å². The molecule has 9 nitrogen and oxygen atoms in total. The number of carboxylic acids is 1. The molecule has 0 unspecified atom stereocenters. The standard InChI is InChI=1S/C25H34FN3O6/c1-15(2)22-23(24(34)28(3)17-6-4-5-7-17)27-29(18-10-8-16(26)9-11-18)25(22)35-14-20(31)12-19(30)13-21(32)33/h8-11,15,17,19-20,30-31H,4-7,12-14H2,1-3H3,(H,32,33)/t19-,20+/m1/s1. The summed E-state index contributed by atoms with van der Waals surface area (Å²) in [6.45, 7) is 3.55. The Bertz CT molecular complexity index is 1020. The minimum atomic E-state index is -1.23. The molecule has 1 amide bonds. The van der Waals surface area contributed by atoms with Crippen molar-refractivity contribution in [3.8, 4) is 11.6 Å². The molecule has 192 valence electrons. The maximum atomic E-state index is 13.6. The number of hydrogen-bond acceptors (Lipinski definition) is 6. The first kappa shape index (κ1) is 26.6. The monoisotopic (exact) mass is 491 g/mol. The van der Waals surface area contributed by atoms with E-state index >= 15 is 0 Å². The number of aliphatic carboxylic acids is 1. The molecule has 3 N–H and O–H groups in total. The third kappa shape index (κ3) is 6.58. The number of carbonyl (C=O) groups excluding carboxylic acids is 1. The highest BCUT2D eigenvalue weighted by atomic mass is 19.1. The number of aliphatic hydroxyl groups excluding tert-OH is 2. The van der Waals surface area contributed by atoms with E-state index in [4.69, 9.17) is 9.84 Å². The summed E-state index contributed by atoms with van der Waals surface area (Å²) >= 11 is 0. The molecular formula is C25H34FN3O6. The molecular weight excluding hydrogens is 457 g/mol. The normalized spacial score (nSPS) is 15.9. The lowest BCUT2D eigenvalue weighted by Crippen LogP contribution is -2.36. The van der Waals surface area contributed by atoms with Crippen molar-refractivity contribution in [3.63, 3.8) is 0 Å². The summed E-state index contributed by atoms with van der Waals surface area (Å²) in [5.41, 5.74) is 1.27. The van der Waals surface area contributed by atoms with Crippen molar-refractivity contribution < 1.29 is 34.0 Å². The topological polar surface area (TPSA) is 125 Å². The molecule has 1 fully saturated rings. The SMILES string of the molecule is CC(C)c1c(C(=O)N(C)C2CCCC2)nn(-c2ccc(F)cc2)c1OC[C@@H](O)C[C@@H](O)CC(=O)O. The van der Waals surface area contributed by atoms with Gasteiger partial charge in [-0.3, -0.25) is 9.59 Å². The van der Waals surface area contributed by atoms with Crippen LogP contribution in [0.1, 0.15) is 74.3 Å². The summed E-state index contributed by atoms with van der Waals surface area (Å²) in [4.78, 5) is 26.0. The molecule has 1 saturated carbocycles. The first-order valence-electron chi connectivity index (χ1n) is 11.9. The number of aromatic nitrogens is 2. The van der Waals surface area contributed by atoms with Crippen molar-refractivity contribution in [3.05, 3.63) is 41.3 Å². The number of hydrogen-bond donors (Lipinski definition) is 3. The second-order valence-corrected chi connectivity index (χ2v) is 9.42. The van der Waals surface area contributed by atoms with Crippen molar-refractivity contribution in [2.24, 2.45) is 0 Å². The van der Waals surface area contributed by atoms with Gasteiger partial charge < -0.3 is 25.0 Å². The molecule has 0 aliphatic heterocycles. The van der Waals surface area contributed by atoms with Gasteiger partial charge in [-0.2, -0.15) is 5.10 Å². The van der Waals surface area contributed by atoms with Crippen LogP contribution in [0.5, 0.6) is 5.88 Å². The largest absolute Gasteiger partial charge is 0.481 e. The molecule has 0 saturated heterocycles. The van der Waals surface area contributed by atoms with Gasteiger partial charge in [-0.25, -0.2) is 9.07 Å². The molecule has 1 aromatic heterocycles. The highest BCUT2D eigenvalue weighted by Gasteiger charge is 2.32. The van der Waals surface area contributed by atoms with E-state index in [1.54, 1.807) is 11.9 Å². The Morgan fingerprint density at radius 3 is 2.37 bits per heavy atom. The van der Waals surface area contributed by atoms with Crippen LogP contribution in [0.2, 0.25) is 0 Å². The molecule has 1 heterocycles. The predicted molar refractivity (Wildman–Crippen MR) is 126 cm³/mol. The van der Waals surface area contributed by atoms with E-state index in [-0.39, 0.29) is 42.5 Å². The van der Waals surface area contributed by atoms with Crippen LogP contribution >= 0.6 is 0 Å². The number of benzene rings is 1. The Morgan fingerprint density at radius 2 is 1.80 bits per heavy atom. The zero-order valence-corrected chi connectivity index (χ0v) is 20.4. The summed E-state index contributed by atoms with van der Waals surface area (Å²) in [7, 11) is 1.77. The van der Waals surface area contributed by atoms with Gasteiger partial charge in [0, 0.05) is 25.1 Å². The maximum Gasteiger partial charge on any atom is 0.305 e. The smallest absolute Gasteiger partial charge is 0.305 e. The molecule has 1 aliphatic rings. The summed E-state index contributed by atoms with van der Waals surface area (Å²) in [5.74, 6) is -1.75. The minimum absolute atomic E-state index is 0.139. The van der Waals surface area contributed by atoms with E-state index in [1.807, 2.05) is 13.8 Å². The van der Waals surface area contributed by atoms with Crippen LogP contribution in [0, 0.1) is 5.82 Å². The predicted octanol–water partition coefficient (Wildman–Crippen LogP) is 3.11. The fourth-order valence-electron chi connectivity index (χ4n) is 4.46. The van der Waals surface area contributed by atoms with Gasteiger partial charge >= 0.3 is 5.97 Å². The van der Waals surface area contributed by atoms with Crippen molar-refractivity contribution in [1.29, 1.82) is 0 Å². The number of nitrogens with zero attached hydrogens (tertiary/aromatic N) is 3. The number of ether oxygens (including phenoxy) is 1. The van der Waals surface area contributed by atoms with Crippen LogP contribution in [0.4, 0.5) is 4.39 Å². The Labute approximate surface area is 204 Å².